The molecule has 17 heavy (non-hydrogen) atoms. The summed E-state index contributed by atoms with van der Waals surface area (Å²) in [6.07, 6.45) is 6.99. The van der Waals surface area contributed by atoms with Gasteiger partial charge in [0, 0.05) is 6.42 Å². The molecule has 0 amide bonds. The molecule has 0 aliphatic carbocycles. The minimum Gasteiger partial charge on any atom is -0.493 e. The van der Waals surface area contributed by atoms with E-state index in [4.69, 9.17) is 11.2 Å². The zero-order valence-electron chi connectivity index (χ0n) is 11.3. The Hall–Kier alpha value is -1.42. The van der Waals surface area contributed by atoms with Gasteiger partial charge in [0.25, 0.3) is 0 Å². The van der Waals surface area contributed by atoms with Gasteiger partial charge in [0.15, 0.2) is 0 Å². The molecule has 0 aliphatic rings. The van der Waals surface area contributed by atoms with Crippen molar-refractivity contribution < 1.29 is 4.74 Å². The highest BCUT2D eigenvalue weighted by molar-refractivity contribution is 5.44. The third kappa shape index (κ3) is 4.15. The van der Waals surface area contributed by atoms with Crippen molar-refractivity contribution >= 4 is 0 Å². The fourth-order valence-electron chi connectivity index (χ4n) is 1.89. The van der Waals surface area contributed by atoms with Crippen LogP contribution in [0, 0.1) is 32.1 Å². The average molecular weight is 230 g/mol. The van der Waals surface area contributed by atoms with Gasteiger partial charge in [0.2, 0.25) is 0 Å². The Labute approximate surface area is 105 Å². The molecule has 0 radical (unpaired) electrons. The van der Waals surface area contributed by atoms with Gasteiger partial charge >= 0.3 is 0 Å². The molecule has 0 atom stereocenters. The van der Waals surface area contributed by atoms with Crippen molar-refractivity contribution in [2.45, 2.75) is 40.5 Å². The SMILES string of the molecule is C#CCCc1cc(C)cc(C)c1OCC(C)C. The molecule has 0 aliphatic heterocycles. The maximum atomic E-state index is 5.91. The Morgan fingerprint density at radius 1 is 1.29 bits per heavy atom. The fraction of sp³-hybridized carbons (Fsp3) is 0.500. The van der Waals surface area contributed by atoms with E-state index in [1.165, 1.54) is 16.7 Å². The van der Waals surface area contributed by atoms with Crippen LogP contribution in [-0.2, 0) is 6.42 Å². The molecule has 1 nitrogen and oxygen atoms in total. The second kappa shape index (κ2) is 6.35. The normalized spacial score (nSPS) is 10.4. The molecule has 92 valence electrons. The van der Waals surface area contributed by atoms with Crippen LogP contribution in [0.3, 0.4) is 0 Å². The maximum Gasteiger partial charge on any atom is 0.125 e. The summed E-state index contributed by atoms with van der Waals surface area (Å²) in [7, 11) is 0. The first-order valence-electron chi connectivity index (χ1n) is 6.21. The van der Waals surface area contributed by atoms with Gasteiger partial charge < -0.3 is 4.74 Å². The summed E-state index contributed by atoms with van der Waals surface area (Å²) in [6.45, 7) is 9.28. The monoisotopic (exact) mass is 230 g/mol. The van der Waals surface area contributed by atoms with Crippen molar-refractivity contribution in [1.82, 2.24) is 0 Å². The van der Waals surface area contributed by atoms with Crippen LogP contribution in [0.25, 0.3) is 0 Å². The molecule has 0 fully saturated rings. The minimum absolute atomic E-state index is 0.538. The van der Waals surface area contributed by atoms with E-state index < -0.39 is 0 Å². The van der Waals surface area contributed by atoms with Crippen LogP contribution < -0.4 is 4.74 Å². The maximum absolute atomic E-state index is 5.91. The highest BCUT2D eigenvalue weighted by atomic mass is 16.5. The minimum atomic E-state index is 0.538. The molecule has 0 saturated heterocycles. The van der Waals surface area contributed by atoms with Gasteiger partial charge in [-0.05, 0) is 37.3 Å². The van der Waals surface area contributed by atoms with Crippen molar-refractivity contribution in [1.29, 1.82) is 0 Å². The summed E-state index contributed by atoms with van der Waals surface area (Å²) in [4.78, 5) is 0. The van der Waals surface area contributed by atoms with E-state index in [9.17, 15) is 0 Å². The van der Waals surface area contributed by atoms with Gasteiger partial charge in [-0.1, -0.05) is 31.5 Å². The number of benzene rings is 1. The summed E-state index contributed by atoms with van der Waals surface area (Å²) in [5.74, 6) is 4.26. The van der Waals surface area contributed by atoms with E-state index in [1.54, 1.807) is 0 Å². The van der Waals surface area contributed by atoms with Crippen molar-refractivity contribution in [3.8, 4) is 18.1 Å². The van der Waals surface area contributed by atoms with Crippen LogP contribution in [0.2, 0.25) is 0 Å². The molecule has 1 rings (SSSR count). The van der Waals surface area contributed by atoms with E-state index in [-0.39, 0.29) is 0 Å². The molecule has 0 bridgehead atoms. The third-order valence-corrected chi connectivity index (χ3v) is 2.60. The number of aryl methyl sites for hydroxylation is 3. The Morgan fingerprint density at radius 2 is 2.00 bits per heavy atom. The number of terminal acetylenes is 1. The predicted octanol–water partition coefficient (Wildman–Crippen LogP) is 3.90. The summed E-state index contributed by atoms with van der Waals surface area (Å²) in [5.41, 5.74) is 3.71. The Balaban J connectivity index is 2.94. The highest BCUT2D eigenvalue weighted by Gasteiger charge is 2.09. The molecule has 0 saturated carbocycles. The lowest BCUT2D eigenvalue weighted by Gasteiger charge is -2.16. The molecule has 1 aromatic carbocycles. The first kappa shape index (κ1) is 13.6. The molecule has 0 unspecified atom stereocenters. The zero-order chi connectivity index (χ0) is 12.8. The molecule has 0 aromatic heterocycles. The molecule has 0 spiro atoms. The lowest BCUT2D eigenvalue weighted by molar-refractivity contribution is 0.267. The predicted molar refractivity (Wildman–Crippen MR) is 73.4 cm³/mol. The molecular formula is C16H22O. The molecule has 1 heteroatoms. The molecule has 0 N–H and O–H groups in total. The van der Waals surface area contributed by atoms with E-state index in [1.807, 2.05) is 0 Å². The van der Waals surface area contributed by atoms with E-state index in [0.29, 0.717) is 5.92 Å². The smallest absolute Gasteiger partial charge is 0.125 e. The average Bonchev–Trinajstić information content (AvgIpc) is 2.24. The summed E-state index contributed by atoms with van der Waals surface area (Å²) < 4.78 is 5.91. The van der Waals surface area contributed by atoms with Gasteiger partial charge in [-0.2, -0.15) is 0 Å². The van der Waals surface area contributed by atoms with Gasteiger partial charge in [-0.25, -0.2) is 0 Å². The Bertz CT molecular complexity index is 410. The van der Waals surface area contributed by atoms with Gasteiger partial charge in [0.1, 0.15) is 5.75 Å². The van der Waals surface area contributed by atoms with E-state index in [0.717, 1.165) is 25.2 Å². The number of hydrogen-bond donors (Lipinski definition) is 0. The quantitative estimate of drug-likeness (QED) is 0.697. The van der Waals surface area contributed by atoms with Crippen molar-refractivity contribution in [2.75, 3.05) is 6.61 Å². The van der Waals surface area contributed by atoms with Gasteiger partial charge in [-0.3, -0.25) is 0 Å². The second-order valence-corrected chi connectivity index (χ2v) is 4.98. The second-order valence-electron chi connectivity index (χ2n) is 4.98. The largest absolute Gasteiger partial charge is 0.493 e. The lowest BCUT2D eigenvalue weighted by atomic mass is 10.0. The van der Waals surface area contributed by atoms with E-state index >= 15 is 0 Å². The van der Waals surface area contributed by atoms with Crippen LogP contribution in [-0.4, -0.2) is 6.61 Å². The number of rotatable bonds is 5. The summed E-state index contributed by atoms with van der Waals surface area (Å²) in [6, 6.07) is 4.34. The van der Waals surface area contributed by atoms with Gasteiger partial charge in [-0.15, -0.1) is 12.3 Å². The third-order valence-electron chi connectivity index (χ3n) is 2.60. The molecule has 1 aromatic rings. The zero-order valence-corrected chi connectivity index (χ0v) is 11.3. The fourth-order valence-corrected chi connectivity index (χ4v) is 1.89. The van der Waals surface area contributed by atoms with Crippen molar-refractivity contribution in [3.05, 3.63) is 28.8 Å². The topological polar surface area (TPSA) is 9.23 Å². The summed E-state index contributed by atoms with van der Waals surface area (Å²) >= 11 is 0. The highest BCUT2D eigenvalue weighted by Crippen LogP contribution is 2.27. The first-order chi connectivity index (χ1) is 8.04. The van der Waals surface area contributed by atoms with Gasteiger partial charge in [0.05, 0.1) is 6.61 Å². The van der Waals surface area contributed by atoms with E-state index in [2.05, 4.69) is 45.7 Å². The van der Waals surface area contributed by atoms with Crippen LogP contribution in [0.15, 0.2) is 12.1 Å². The number of hydrogen-bond acceptors (Lipinski definition) is 1. The Kier molecular flexibility index (Phi) is 5.10. The standard InChI is InChI=1S/C16H22O/c1-6-7-8-15-10-13(4)9-14(5)16(15)17-11-12(2)3/h1,9-10,12H,7-8,11H2,2-5H3. The summed E-state index contributed by atoms with van der Waals surface area (Å²) in [5, 5.41) is 0. The van der Waals surface area contributed by atoms with Crippen LogP contribution in [0.5, 0.6) is 5.75 Å². The van der Waals surface area contributed by atoms with Crippen LogP contribution in [0.4, 0.5) is 0 Å². The van der Waals surface area contributed by atoms with Crippen LogP contribution >= 0.6 is 0 Å². The first-order valence-corrected chi connectivity index (χ1v) is 6.21. The number of ether oxygens (including phenoxy) is 1. The van der Waals surface area contributed by atoms with Crippen molar-refractivity contribution in [2.24, 2.45) is 5.92 Å². The molecular weight excluding hydrogens is 208 g/mol. The lowest BCUT2D eigenvalue weighted by Crippen LogP contribution is -2.07. The molecule has 0 heterocycles. The van der Waals surface area contributed by atoms with Crippen LogP contribution in [0.1, 0.15) is 37.0 Å². The Morgan fingerprint density at radius 3 is 2.59 bits per heavy atom. The van der Waals surface area contributed by atoms with Crippen molar-refractivity contribution in [3.63, 3.8) is 0 Å².